The number of rotatable bonds is 6. The molecule has 126 valence electrons. The Morgan fingerprint density at radius 3 is 2.43 bits per heavy atom. The van der Waals surface area contributed by atoms with Crippen LogP contribution in [0.15, 0.2) is 24.3 Å². The van der Waals surface area contributed by atoms with E-state index in [1.54, 1.807) is 7.05 Å². The number of hydrogen-bond acceptors (Lipinski definition) is 3. The molecule has 0 heterocycles. The van der Waals surface area contributed by atoms with Gasteiger partial charge >= 0.3 is 12.1 Å². The van der Waals surface area contributed by atoms with Crippen molar-refractivity contribution in [3.63, 3.8) is 0 Å². The van der Waals surface area contributed by atoms with Gasteiger partial charge in [0, 0.05) is 19.0 Å². The number of carbonyl (C=O) groups is 2. The maximum absolute atomic E-state index is 12.9. The quantitative estimate of drug-likeness (QED) is 0.699. The Bertz CT molecular complexity index is 625. The smallest absolute Gasteiger partial charge is 0.416 e. The van der Waals surface area contributed by atoms with E-state index in [0.29, 0.717) is 18.2 Å². The summed E-state index contributed by atoms with van der Waals surface area (Å²) in [4.78, 5) is 22.6. The van der Waals surface area contributed by atoms with Crippen molar-refractivity contribution in [3.8, 4) is 0 Å². The van der Waals surface area contributed by atoms with Crippen LogP contribution in [-0.2, 0) is 15.8 Å². The number of aliphatic carboxylic acids is 1. The lowest BCUT2D eigenvalue weighted by Crippen LogP contribution is -2.26. The summed E-state index contributed by atoms with van der Waals surface area (Å²) in [5.74, 6) is -1.87. The molecule has 1 amide bonds. The van der Waals surface area contributed by atoms with Crippen molar-refractivity contribution in [2.24, 2.45) is 0 Å². The van der Waals surface area contributed by atoms with Crippen LogP contribution in [-0.4, -0.2) is 30.6 Å². The van der Waals surface area contributed by atoms with Gasteiger partial charge in [0.15, 0.2) is 0 Å². The molecule has 1 rings (SSSR count). The lowest BCUT2D eigenvalue weighted by molar-refractivity contribution is -0.137. The highest BCUT2D eigenvalue weighted by Gasteiger charge is 2.31. The van der Waals surface area contributed by atoms with Crippen molar-refractivity contribution in [2.75, 3.05) is 13.6 Å². The van der Waals surface area contributed by atoms with Crippen LogP contribution in [0.4, 0.5) is 13.2 Å². The minimum atomic E-state index is -4.56. The van der Waals surface area contributed by atoms with Gasteiger partial charge in [-0.15, -0.1) is 0 Å². The summed E-state index contributed by atoms with van der Waals surface area (Å²) < 4.78 is 38.6. The highest BCUT2D eigenvalue weighted by Crippen LogP contribution is 2.31. The van der Waals surface area contributed by atoms with E-state index in [0.717, 1.165) is 12.1 Å². The number of carboxylic acids is 1. The van der Waals surface area contributed by atoms with Gasteiger partial charge in [-0.2, -0.15) is 13.2 Å². The van der Waals surface area contributed by atoms with Gasteiger partial charge in [0.2, 0.25) is 5.91 Å². The fraction of sp³-hybridized carbons (Fsp3) is 0.333. The van der Waals surface area contributed by atoms with Gasteiger partial charge in [-0.25, -0.2) is 4.79 Å². The van der Waals surface area contributed by atoms with Gasteiger partial charge in [0.1, 0.15) is 0 Å². The predicted molar refractivity (Wildman–Crippen MR) is 78.5 cm³/mol. The van der Waals surface area contributed by atoms with Crippen LogP contribution >= 0.6 is 0 Å². The SMILES string of the molecule is CNCCC(=O)N/C(=C/C(=O)O)c1cc(C)cc(C(F)(F)F)c1. The van der Waals surface area contributed by atoms with Gasteiger partial charge in [-0.05, 0) is 43.3 Å². The predicted octanol–water partition coefficient (Wildman–Crippen LogP) is 2.17. The topological polar surface area (TPSA) is 78.4 Å². The zero-order chi connectivity index (χ0) is 17.6. The van der Waals surface area contributed by atoms with Gasteiger partial charge in [-0.1, -0.05) is 0 Å². The van der Waals surface area contributed by atoms with Crippen LogP contribution in [0.5, 0.6) is 0 Å². The number of carboxylic acid groups (broad SMARTS) is 1. The maximum atomic E-state index is 12.9. The molecule has 0 radical (unpaired) electrons. The molecule has 0 atom stereocenters. The molecule has 0 spiro atoms. The van der Waals surface area contributed by atoms with Gasteiger partial charge in [0.25, 0.3) is 0 Å². The summed E-state index contributed by atoms with van der Waals surface area (Å²) in [6.45, 7) is 1.81. The van der Waals surface area contributed by atoms with Gasteiger partial charge in [0.05, 0.1) is 11.3 Å². The summed E-state index contributed by atoms with van der Waals surface area (Å²) in [6.07, 6.45) is -3.83. The molecular weight excluding hydrogens is 313 g/mol. The third-order valence-corrected chi connectivity index (χ3v) is 2.86. The van der Waals surface area contributed by atoms with Crippen molar-refractivity contribution >= 4 is 17.6 Å². The number of amides is 1. The fourth-order valence-corrected chi connectivity index (χ4v) is 1.87. The van der Waals surface area contributed by atoms with Gasteiger partial charge in [-0.3, -0.25) is 4.79 Å². The normalized spacial score (nSPS) is 12.1. The fourth-order valence-electron chi connectivity index (χ4n) is 1.87. The Kier molecular flexibility index (Phi) is 6.32. The van der Waals surface area contributed by atoms with E-state index in [1.807, 2.05) is 0 Å². The lowest BCUT2D eigenvalue weighted by atomic mass is 10.0. The standard InChI is InChI=1S/C15H17F3N2O3/c1-9-5-10(7-11(6-9)15(16,17)18)12(8-14(22)23)20-13(21)3-4-19-2/h5-8,19H,3-4H2,1-2H3,(H,20,21)(H,22,23)/b12-8+. The van der Waals surface area contributed by atoms with Crippen molar-refractivity contribution in [1.82, 2.24) is 10.6 Å². The number of aryl methyl sites for hydroxylation is 1. The third-order valence-electron chi connectivity index (χ3n) is 2.86. The molecule has 0 unspecified atom stereocenters. The average Bonchev–Trinajstić information content (AvgIpc) is 2.42. The van der Waals surface area contributed by atoms with Crippen molar-refractivity contribution in [3.05, 3.63) is 41.0 Å². The van der Waals surface area contributed by atoms with Crippen LogP contribution in [0.1, 0.15) is 23.1 Å². The number of hydrogen-bond donors (Lipinski definition) is 3. The van der Waals surface area contributed by atoms with Crippen molar-refractivity contribution in [1.29, 1.82) is 0 Å². The van der Waals surface area contributed by atoms with E-state index >= 15 is 0 Å². The highest BCUT2D eigenvalue weighted by molar-refractivity contribution is 5.95. The monoisotopic (exact) mass is 330 g/mol. The molecule has 0 aliphatic heterocycles. The Morgan fingerprint density at radius 1 is 1.26 bits per heavy atom. The number of alkyl halides is 3. The number of benzene rings is 1. The van der Waals surface area contributed by atoms with E-state index in [-0.39, 0.29) is 17.7 Å². The first-order chi connectivity index (χ1) is 10.6. The summed E-state index contributed by atoms with van der Waals surface area (Å²) >= 11 is 0. The van der Waals surface area contributed by atoms with Crippen molar-refractivity contribution < 1.29 is 27.9 Å². The zero-order valence-corrected chi connectivity index (χ0v) is 12.6. The van der Waals surface area contributed by atoms with Crippen LogP contribution < -0.4 is 10.6 Å². The first kappa shape index (κ1) is 18.7. The summed E-state index contributed by atoms with van der Waals surface area (Å²) in [5.41, 5.74) is -0.811. The third kappa shape index (κ3) is 6.11. The molecule has 3 N–H and O–H groups in total. The molecule has 0 aliphatic rings. The Morgan fingerprint density at radius 2 is 1.91 bits per heavy atom. The first-order valence-corrected chi connectivity index (χ1v) is 6.72. The van der Waals surface area contributed by atoms with Crippen LogP contribution in [0.2, 0.25) is 0 Å². The minimum Gasteiger partial charge on any atom is -0.478 e. The number of carbonyl (C=O) groups excluding carboxylic acids is 1. The first-order valence-electron chi connectivity index (χ1n) is 6.72. The summed E-state index contributed by atoms with van der Waals surface area (Å²) in [6, 6.07) is 3.13. The second-order valence-electron chi connectivity index (χ2n) is 4.88. The molecule has 5 nitrogen and oxygen atoms in total. The molecule has 0 fully saturated rings. The van der Waals surface area contributed by atoms with Crippen molar-refractivity contribution in [2.45, 2.75) is 19.5 Å². The lowest BCUT2D eigenvalue weighted by Gasteiger charge is -2.14. The average molecular weight is 330 g/mol. The molecular formula is C15H17F3N2O3. The van der Waals surface area contributed by atoms with Crippen LogP contribution in [0.3, 0.4) is 0 Å². The maximum Gasteiger partial charge on any atom is 0.416 e. The van der Waals surface area contributed by atoms with E-state index < -0.39 is 23.6 Å². The molecule has 1 aromatic rings. The van der Waals surface area contributed by atoms with E-state index in [9.17, 15) is 22.8 Å². The Balaban J connectivity index is 3.20. The van der Waals surface area contributed by atoms with E-state index in [1.165, 1.54) is 13.0 Å². The molecule has 0 saturated heterocycles. The number of nitrogens with one attached hydrogen (secondary N) is 2. The molecule has 0 saturated carbocycles. The van der Waals surface area contributed by atoms with E-state index in [4.69, 9.17) is 5.11 Å². The summed E-state index contributed by atoms with van der Waals surface area (Å²) in [7, 11) is 1.64. The molecule has 0 aliphatic carbocycles. The molecule has 0 bridgehead atoms. The largest absolute Gasteiger partial charge is 0.478 e. The highest BCUT2D eigenvalue weighted by atomic mass is 19.4. The molecule has 1 aromatic carbocycles. The Labute approximate surface area is 131 Å². The minimum absolute atomic E-state index is 0.0162. The second kappa shape index (κ2) is 7.77. The zero-order valence-electron chi connectivity index (χ0n) is 12.6. The summed E-state index contributed by atoms with van der Waals surface area (Å²) in [5, 5.41) is 14.0. The molecule has 23 heavy (non-hydrogen) atoms. The second-order valence-corrected chi connectivity index (χ2v) is 4.88. The van der Waals surface area contributed by atoms with E-state index in [2.05, 4.69) is 10.6 Å². The molecule has 0 aromatic heterocycles. The molecule has 8 heteroatoms. The Hall–Kier alpha value is -2.35. The number of halogens is 3. The van der Waals surface area contributed by atoms with Crippen LogP contribution in [0.25, 0.3) is 5.70 Å². The van der Waals surface area contributed by atoms with Gasteiger partial charge < -0.3 is 15.7 Å². The van der Waals surface area contributed by atoms with Crippen LogP contribution in [0, 0.1) is 6.92 Å².